The lowest BCUT2D eigenvalue weighted by molar-refractivity contribution is 0.166. The molecule has 2 unspecified atom stereocenters. The molecule has 0 aliphatic rings. The van der Waals surface area contributed by atoms with Crippen molar-refractivity contribution in [1.29, 1.82) is 0 Å². The van der Waals surface area contributed by atoms with E-state index in [9.17, 15) is 0 Å². The Morgan fingerprint density at radius 3 is 2.67 bits per heavy atom. The van der Waals surface area contributed by atoms with Crippen molar-refractivity contribution >= 4 is 5.84 Å². The Hall–Kier alpha value is -0.810. The van der Waals surface area contributed by atoms with Crippen LogP contribution >= 0.6 is 0 Å². The van der Waals surface area contributed by atoms with Gasteiger partial charge in [-0.05, 0) is 13.3 Å². The second-order valence-electron chi connectivity index (χ2n) is 2.72. The first kappa shape index (κ1) is 11.2. The van der Waals surface area contributed by atoms with Crippen molar-refractivity contribution < 1.29 is 10.3 Å². The van der Waals surface area contributed by atoms with Gasteiger partial charge in [0.1, 0.15) is 0 Å². The largest absolute Gasteiger partial charge is 0.409 e. The highest BCUT2D eigenvalue weighted by atomic mass is 16.4. The molecule has 0 spiro atoms. The van der Waals surface area contributed by atoms with Crippen LogP contribution < -0.4 is 11.1 Å². The van der Waals surface area contributed by atoms with Crippen LogP contribution in [0.2, 0.25) is 0 Å². The van der Waals surface area contributed by atoms with E-state index in [1.54, 1.807) is 6.92 Å². The summed E-state index contributed by atoms with van der Waals surface area (Å²) in [6, 6.07) is -0.212. The van der Waals surface area contributed by atoms with Crippen molar-refractivity contribution in [3.05, 3.63) is 0 Å². The molecule has 0 aliphatic carbocycles. The molecule has 0 saturated carbocycles. The summed E-state index contributed by atoms with van der Waals surface area (Å²) in [7, 11) is 0. The minimum Gasteiger partial charge on any atom is -0.409 e. The third-order valence-electron chi connectivity index (χ3n) is 1.69. The number of rotatable bonds is 5. The molecule has 5 nitrogen and oxygen atoms in total. The van der Waals surface area contributed by atoms with Gasteiger partial charge in [0.15, 0.2) is 5.84 Å². The molecule has 0 heterocycles. The number of aliphatic hydroxyl groups is 1. The lowest BCUT2D eigenvalue weighted by Gasteiger charge is -2.14. The number of nitrogens with zero attached hydrogens (tertiary/aromatic N) is 1. The van der Waals surface area contributed by atoms with Gasteiger partial charge in [0.05, 0.1) is 12.1 Å². The molecule has 0 amide bonds. The number of nitrogens with two attached hydrogens (primary N) is 1. The Morgan fingerprint density at radius 1 is 1.67 bits per heavy atom. The van der Waals surface area contributed by atoms with Gasteiger partial charge in [-0.1, -0.05) is 12.1 Å². The molecule has 2 atom stereocenters. The molecule has 0 aromatic carbocycles. The molecule has 12 heavy (non-hydrogen) atoms. The molecule has 0 rings (SSSR count). The molecule has 5 N–H and O–H groups in total. The van der Waals surface area contributed by atoms with Gasteiger partial charge < -0.3 is 21.4 Å². The van der Waals surface area contributed by atoms with Crippen LogP contribution in [0.1, 0.15) is 20.3 Å². The van der Waals surface area contributed by atoms with Gasteiger partial charge in [-0.15, -0.1) is 0 Å². The van der Waals surface area contributed by atoms with Crippen LogP contribution in [0.4, 0.5) is 0 Å². The van der Waals surface area contributed by atoms with Gasteiger partial charge in [-0.25, -0.2) is 0 Å². The van der Waals surface area contributed by atoms with Crippen LogP contribution in [0.15, 0.2) is 5.16 Å². The molecule has 0 aromatic heterocycles. The maximum atomic E-state index is 9.16. The standard InChI is InChI=1S/C7H17N3O2/c1-3-6(11)4-9-5(2)7(8)10-12/h5-6,9,11-12H,3-4H2,1-2H3,(H2,8,10). The van der Waals surface area contributed by atoms with E-state index in [4.69, 9.17) is 16.0 Å². The van der Waals surface area contributed by atoms with Gasteiger partial charge in [0.25, 0.3) is 0 Å². The normalized spacial score (nSPS) is 17.4. The number of amidine groups is 1. The average molecular weight is 175 g/mol. The molecule has 0 saturated heterocycles. The van der Waals surface area contributed by atoms with E-state index in [2.05, 4.69) is 10.5 Å². The molecule has 5 heteroatoms. The van der Waals surface area contributed by atoms with Crippen molar-refractivity contribution in [2.45, 2.75) is 32.4 Å². The first-order chi connectivity index (χ1) is 5.61. The Balaban J connectivity index is 3.64. The maximum absolute atomic E-state index is 9.16. The Morgan fingerprint density at radius 2 is 2.25 bits per heavy atom. The van der Waals surface area contributed by atoms with Crippen molar-refractivity contribution in [3.8, 4) is 0 Å². The molecule has 0 aliphatic heterocycles. The summed E-state index contributed by atoms with van der Waals surface area (Å²) in [6.07, 6.45) is 0.314. The molecule has 0 bridgehead atoms. The van der Waals surface area contributed by atoms with E-state index in [1.807, 2.05) is 6.92 Å². The van der Waals surface area contributed by atoms with Crippen molar-refractivity contribution in [2.24, 2.45) is 10.9 Å². The maximum Gasteiger partial charge on any atom is 0.156 e. The van der Waals surface area contributed by atoms with E-state index in [1.165, 1.54) is 0 Å². The van der Waals surface area contributed by atoms with Gasteiger partial charge in [-0.2, -0.15) is 0 Å². The second-order valence-corrected chi connectivity index (χ2v) is 2.72. The molecular formula is C7H17N3O2. The lowest BCUT2D eigenvalue weighted by Crippen LogP contribution is -2.42. The molecule has 0 aromatic rings. The van der Waals surface area contributed by atoms with Gasteiger partial charge in [0, 0.05) is 6.54 Å². The molecule has 0 fully saturated rings. The predicted octanol–water partition coefficient (Wildman–Crippen LogP) is -0.518. The number of nitrogens with one attached hydrogen (secondary N) is 1. The third-order valence-corrected chi connectivity index (χ3v) is 1.69. The summed E-state index contributed by atoms with van der Waals surface area (Å²) < 4.78 is 0. The van der Waals surface area contributed by atoms with E-state index < -0.39 is 0 Å². The van der Waals surface area contributed by atoms with E-state index >= 15 is 0 Å². The highest BCUT2D eigenvalue weighted by Crippen LogP contribution is 1.88. The van der Waals surface area contributed by atoms with Crippen LogP contribution in [-0.4, -0.2) is 34.8 Å². The lowest BCUT2D eigenvalue weighted by atomic mass is 10.2. The second kappa shape index (κ2) is 5.79. The van der Waals surface area contributed by atoms with Crippen molar-refractivity contribution in [3.63, 3.8) is 0 Å². The monoisotopic (exact) mass is 175 g/mol. The predicted molar refractivity (Wildman–Crippen MR) is 47.2 cm³/mol. The number of hydrogen-bond acceptors (Lipinski definition) is 4. The Kier molecular flexibility index (Phi) is 5.40. The summed E-state index contributed by atoms with van der Waals surface area (Å²) in [5, 5.41) is 23.2. The van der Waals surface area contributed by atoms with E-state index in [0.717, 1.165) is 0 Å². The van der Waals surface area contributed by atoms with Gasteiger partial charge >= 0.3 is 0 Å². The van der Waals surface area contributed by atoms with E-state index in [-0.39, 0.29) is 18.0 Å². The van der Waals surface area contributed by atoms with Crippen LogP contribution in [0, 0.1) is 0 Å². The zero-order chi connectivity index (χ0) is 9.56. The summed E-state index contributed by atoms with van der Waals surface area (Å²) in [5.74, 6) is 0.123. The summed E-state index contributed by atoms with van der Waals surface area (Å²) in [6.45, 7) is 4.10. The zero-order valence-corrected chi connectivity index (χ0v) is 7.49. The summed E-state index contributed by atoms with van der Waals surface area (Å²) in [5.41, 5.74) is 5.30. The average Bonchev–Trinajstić information content (AvgIpc) is 2.11. The SMILES string of the molecule is CCC(O)CNC(C)C(N)=NO. The minimum atomic E-state index is -0.376. The summed E-state index contributed by atoms with van der Waals surface area (Å²) in [4.78, 5) is 0. The van der Waals surface area contributed by atoms with Crippen molar-refractivity contribution in [1.82, 2.24) is 5.32 Å². The smallest absolute Gasteiger partial charge is 0.156 e. The van der Waals surface area contributed by atoms with Gasteiger partial charge in [0.2, 0.25) is 0 Å². The van der Waals surface area contributed by atoms with Crippen LogP contribution in [-0.2, 0) is 0 Å². The Bertz CT molecular complexity index is 150. The molecule has 72 valence electrons. The topological polar surface area (TPSA) is 90.9 Å². The van der Waals surface area contributed by atoms with Gasteiger partial charge in [-0.3, -0.25) is 0 Å². The fraction of sp³-hybridized carbons (Fsp3) is 0.857. The highest BCUT2D eigenvalue weighted by Gasteiger charge is 2.08. The fourth-order valence-electron chi connectivity index (χ4n) is 0.648. The number of hydrogen-bond donors (Lipinski definition) is 4. The quantitative estimate of drug-likeness (QED) is 0.196. The first-order valence-corrected chi connectivity index (χ1v) is 4.00. The van der Waals surface area contributed by atoms with Crippen LogP contribution in [0.25, 0.3) is 0 Å². The highest BCUT2D eigenvalue weighted by molar-refractivity contribution is 5.84. The summed E-state index contributed by atoms with van der Waals surface area (Å²) >= 11 is 0. The third kappa shape index (κ3) is 4.15. The number of oxime groups is 1. The molecular weight excluding hydrogens is 158 g/mol. The first-order valence-electron chi connectivity index (χ1n) is 4.00. The van der Waals surface area contributed by atoms with E-state index in [0.29, 0.717) is 13.0 Å². The molecule has 0 radical (unpaired) electrons. The Labute approximate surface area is 72.3 Å². The van der Waals surface area contributed by atoms with Crippen molar-refractivity contribution in [2.75, 3.05) is 6.54 Å². The zero-order valence-electron chi connectivity index (χ0n) is 7.49. The number of aliphatic hydroxyl groups excluding tert-OH is 1. The van der Waals surface area contributed by atoms with Crippen LogP contribution in [0.5, 0.6) is 0 Å². The fourth-order valence-corrected chi connectivity index (χ4v) is 0.648. The minimum absolute atomic E-state index is 0.123. The van der Waals surface area contributed by atoms with Crippen LogP contribution in [0.3, 0.4) is 0 Å².